The summed E-state index contributed by atoms with van der Waals surface area (Å²) in [6.07, 6.45) is 4.94. The van der Waals surface area contributed by atoms with Gasteiger partial charge in [-0.05, 0) is 43.7 Å². The summed E-state index contributed by atoms with van der Waals surface area (Å²) in [7, 11) is 1.69. The predicted octanol–water partition coefficient (Wildman–Crippen LogP) is 3.19. The van der Waals surface area contributed by atoms with Gasteiger partial charge in [0.2, 0.25) is 0 Å². The van der Waals surface area contributed by atoms with Gasteiger partial charge in [-0.2, -0.15) is 5.10 Å². The fourth-order valence-corrected chi connectivity index (χ4v) is 2.35. The van der Waals surface area contributed by atoms with Gasteiger partial charge in [-0.1, -0.05) is 19.1 Å². The van der Waals surface area contributed by atoms with Crippen LogP contribution in [-0.4, -0.2) is 23.4 Å². The average Bonchev–Trinajstić information content (AvgIpc) is 3.02. The summed E-state index contributed by atoms with van der Waals surface area (Å²) in [5.41, 5.74) is 1.25. The van der Waals surface area contributed by atoms with Gasteiger partial charge in [-0.15, -0.1) is 0 Å². The third kappa shape index (κ3) is 3.39. The molecule has 20 heavy (non-hydrogen) atoms. The first kappa shape index (κ1) is 14.6. The topological polar surface area (TPSA) is 39.1 Å². The van der Waals surface area contributed by atoms with Gasteiger partial charge in [-0.3, -0.25) is 4.68 Å². The Labute approximate surface area is 120 Å². The minimum atomic E-state index is 0.237. The van der Waals surface area contributed by atoms with Crippen molar-refractivity contribution in [2.45, 2.75) is 32.4 Å². The van der Waals surface area contributed by atoms with E-state index >= 15 is 0 Å². The van der Waals surface area contributed by atoms with Gasteiger partial charge in [0, 0.05) is 12.4 Å². The molecule has 0 saturated carbocycles. The Morgan fingerprint density at radius 1 is 1.30 bits per heavy atom. The van der Waals surface area contributed by atoms with E-state index < -0.39 is 0 Å². The van der Waals surface area contributed by atoms with Gasteiger partial charge in [0.1, 0.15) is 5.75 Å². The first-order chi connectivity index (χ1) is 9.76. The molecule has 2 rings (SSSR count). The Hall–Kier alpha value is -1.81. The largest absolute Gasteiger partial charge is 0.497 e. The third-order valence-corrected chi connectivity index (χ3v) is 3.51. The number of hydrogen-bond acceptors (Lipinski definition) is 3. The number of rotatable bonds is 7. The highest BCUT2D eigenvalue weighted by Gasteiger charge is 2.20. The van der Waals surface area contributed by atoms with Crippen LogP contribution in [0.5, 0.6) is 5.75 Å². The van der Waals surface area contributed by atoms with Crippen molar-refractivity contribution >= 4 is 0 Å². The first-order valence-corrected chi connectivity index (χ1v) is 7.12. The van der Waals surface area contributed by atoms with Crippen molar-refractivity contribution in [1.29, 1.82) is 0 Å². The average molecular weight is 273 g/mol. The van der Waals surface area contributed by atoms with Gasteiger partial charge in [0.15, 0.2) is 0 Å². The molecule has 4 heteroatoms. The van der Waals surface area contributed by atoms with E-state index in [2.05, 4.69) is 36.4 Å². The minimum Gasteiger partial charge on any atom is -0.497 e. The number of ether oxygens (including phenoxy) is 1. The van der Waals surface area contributed by atoms with E-state index in [4.69, 9.17) is 4.74 Å². The lowest BCUT2D eigenvalue weighted by molar-refractivity contribution is 0.353. The summed E-state index contributed by atoms with van der Waals surface area (Å²) in [5.74, 6) is 0.884. The molecule has 1 heterocycles. The molecule has 0 aliphatic rings. The Kier molecular flexibility index (Phi) is 5.18. The zero-order valence-electron chi connectivity index (χ0n) is 12.4. The van der Waals surface area contributed by atoms with Gasteiger partial charge in [0.25, 0.3) is 0 Å². The Balaban J connectivity index is 2.21. The smallest absolute Gasteiger partial charge is 0.118 e. The van der Waals surface area contributed by atoms with E-state index in [0.717, 1.165) is 18.7 Å². The van der Waals surface area contributed by atoms with Crippen LogP contribution in [-0.2, 0) is 0 Å². The summed E-state index contributed by atoms with van der Waals surface area (Å²) in [6.45, 7) is 5.35. The zero-order chi connectivity index (χ0) is 14.4. The second kappa shape index (κ2) is 7.10. The normalized spacial score (nSPS) is 13.9. The maximum absolute atomic E-state index is 5.22. The summed E-state index contributed by atoms with van der Waals surface area (Å²) < 4.78 is 7.22. The van der Waals surface area contributed by atoms with E-state index in [-0.39, 0.29) is 12.1 Å². The number of aromatic nitrogens is 2. The van der Waals surface area contributed by atoms with Crippen molar-refractivity contribution in [1.82, 2.24) is 15.1 Å². The van der Waals surface area contributed by atoms with Crippen molar-refractivity contribution in [3.63, 3.8) is 0 Å². The van der Waals surface area contributed by atoms with Crippen molar-refractivity contribution in [2.24, 2.45) is 0 Å². The zero-order valence-corrected chi connectivity index (χ0v) is 12.4. The van der Waals surface area contributed by atoms with Crippen LogP contribution in [0, 0.1) is 0 Å². The van der Waals surface area contributed by atoms with Crippen LogP contribution in [0.2, 0.25) is 0 Å². The van der Waals surface area contributed by atoms with Crippen LogP contribution in [0.4, 0.5) is 0 Å². The number of nitrogens with zero attached hydrogens (tertiary/aromatic N) is 2. The lowest BCUT2D eigenvalue weighted by Gasteiger charge is -2.26. The number of benzene rings is 1. The Bertz CT molecular complexity index is 493. The van der Waals surface area contributed by atoms with Crippen molar-refractivity contribution in [3.8, 4) is 5.75 Å². The highest BCUT2D eigenvalue weighted by molar-refractivity contribution is 5.29. The third-order valence-electron chi connectivity index (χ3n) is 3.51. The second-order valence-electron chi connectivity index (χ2n) is 4.93. The molecule has 1 aromatic heterocycles. The first-order valence-electron chi connectivity index (χ1n) is 7.12. The molecule has 1 aromatic carbocycles. The van der Waals surface area contributed by atoms with Gasteiger partial charge >= 0.3 is 0 Å². The van der Waals surface area contributed by atoms with Gasteiger partial charge in [0.05, 0.1) is 19.2 Å². The minimum absolute atomic E-state index is 0.237. The van der Waals surface area contributed by atoms with Crippen LogP contribution in [0.3, 0.4) is 0 Å². The van der Waals surface area contributed by atoms with E-state index in [0.29, 0.717) is 0 Å². The maximum atomic E-state index is 5.22. The highest BCUT2D eigenvalue weighted by atomic mass is 16.5. The molecule has 0 aliphatic carbocycles. The van der Waals surface area contributed by atoms with E-state index in [1.807, 2.05) is 35.3 Å². The monoisotopic (exact) mass is 273 g/mol. The van der Waals surface area contributed by atoms with E-state index in [1.54, 1.807) is 7.11 Å². The molecule has 0 spiro atoms. The predicted molar refractivity (Wildman–Crippen MR) is 81.0 cm³/mol. The van der Waals surface area contributed by atoms with Crippen LogP contribution >= 0.6 is 0 Å². The van der Waals surface area contributed by atoms with Crippen LogP contribution in [0.25, 0.3) is 0 Å². The molecule has 4 nitrogen and oxygen atoms in total. The summed E-state index contributed by atoms with van der Waals surface area (Å²) in [4.78, 5) is 0. The molecule has 0 aliphatic heterocycles. The van der Waals surface area contributed by atoms with Crippen molar-refractivity contribution in [2.75, 3.05) is 13.7 Å². The standard InChI is InChI=1S/C16H23N3O/c1-4-10-17-16(13(2)19-12-5-11-18-19)14-6-8-15(20-3)9-7-14/h5-9,11-13,16-17H,4,10H2,1-3H3. The molecule has 0 fully saturated rings. The van der Waals surface area contributed by atoms with E-state index in [1.165, 1.54) is 5.56 Å². The molecule has 2 atom stereocenters. The number of hydrogen-bond donors (Lipinski definition) is 1. The van der Waals surface area contributed by atoms with Gasteiger partial charge in [-0.25, -0.2) is 0 Å². The Morgan fingerprint density at radius 2 is 2.05 bits per heavy atom. The summed E-state index contributed by atoms with van der Waals surface area (Å²) >= 11 is 0. The molecule has 0 amide bonds. The van der Waals surface area contributed by atoms with Gasteiger partial charge < -0.3 is 10.1 Å². The molecule has 0 bridgehead atoms. The molecule has 1 N–H and O–H groups in total. The second-order valence-corrected chi connectivity index (χ2v) is 4.93. The fraction of sp³-hybridized carbons (Fsp3) is 0.438. The molecule has 0 radical (unpaired) electrons. The number of nitrogens with one attached hydrogen (secondary N) is 1. The van der Waals surface area contributed by atoms with E-state index in [9.17, 15) is 0 Å². The molecule has 2 aromatic rings. The molecule has 0 saturated heterocycles. The molecule has 108 valence electrons. The maximum Gasteiger partial charge on any atom is 0.118 e. The molecule has 2 unspecified atom stereocenters. The Morgan fingerprint density at radius 3 is 2.60 bits per heavy atom. The summed E-state index contributed by atoms with van der Waals surface area (Å²) in [5, 5.41) is 7.97. The molecular formula is C16H23N3O. The highest BCUT2D eigenvalue weighted by Crippen LogP contribution is 2.27. The lowest BCUT2D eigenvalue weighted by atomic mass is 10.00. The SMILES string of the molecule is CCCNC(c1ccc(OC)cc1)C(C)n1cccn1. The van der Waals surface area contributed by atoms with Crippen molar-refractivity contribution < 1.29 is 4.74 Å². The molecular weight excluding hydrogens is 250 g/mol. The van der Waals surface area contributed by atoms with Crippen LogP contribution < -0.4 is 10.1 Å². The van der Waals surface area contributed by atoms with Crippen LogP contribution in [0.15, 0.2) is 42.7 Å². The van der Waals surface area contributed by atoms with Crippen molar-refractivity contribution in [3.05, 3.63) is 48.3 Å². The number of methoxy groups -OCH3 is 1. The quantitative estimate of drug-likeness (QED) is 0.842. The summed E-state index contributed by atoms with van der Waals surface area (Å²) in [6, 6.07) is 10.7. The fourth-order valence-electron chi connectivity index (χ4n) is 2.35. The van der Waals surface area contributed by atoms with Crippen LogP contribution in [0.1, 0.15) is 37.9 Å². The lowest BCUT2D eigenvalue weighted by Crippen LogP contribution is -2.29.